The third-order valence-electron chi connectivity index (χ3n) is 2.74. The van der Waals surface area contributed by atoms with Gasteiger partial charge in [-0.1, -0.05) is 0 Å². The zero-order chi connectivity index (χ0) is 11.3. The molecule has 4 nitrogen and oxygen atoms in total. The monoisotopic (exact) mass is 213 g/mol. The molecule has 1 heterocycles. The van der Waals surface area contributed by atoms with Crippen molar-refractivity contribution in [1.82, 2.24) is 15.5 Å². The SMILES string of the molecule is CNCC1CCCCN1C(=O)NC(C)C. The molecule has 0 aromatic rings. The van der Waals surface area contributed by atoms with Gasteiger partial charge in [0.25, 0.3) is 0 Å². The smallest absolute Gasteiger partial charge is 0.317 e. The number of rotatable bonds is 3. The Hall–Kier alpha value is -0.770. The van der Waals surface area contributed by atoms with Crippen LogP contribution in [0.3, 0.4) is 0 Å². The van der Waals surface area contributed by atoms with Gasteiger partial charge in [-0.25, -0.2) is 4.79 Å². The van der Waals surface area contributed by atoms with Crippen LogP contribution in [0.1, 0.15) is 33.1 Å². The number of carbonyl (C=O) groups is 1. The molecule has 0 bridgehead atoms. The van der Waals surface area contributed by atoms with E-state index in [1.165, 1.54) is 6.42 Å². The Morgan fingerprint density at radius 3 is 2.80 bits per heavy atom. The lowest BCUT2D eigenvalue weighted by atomic mass is 10.0. The lowest BCUT2D eigenvalue weighted by molar-refractivity contribution is 0.148. The van der Waals surface area contributed by atoms with E-state index >= 15 is 0 Å². The van der Waals surface area contributed by atoms with Crippen molar-refractivity contribution in [2.24, 2.45) is 0 Å². The highest BCUT2D eigenvalue weighted by molar-refractivity contribution is 5.74. The first-order valence-electron chi connectivity index (χ1n) is 5.87. The Kier molecular flexibility index (Phi) is 4.88. The van der Waals surface area contributed by atoms with E-state index < -0.39 is 0 Å². The highest BCUT2D eigenvalue weighted by Gasteiger charge is 2.25. The second-order valence-electron chi connectivity index (χ2n) is 4.50. The standard InChI is InChI=1S/C11H23N3O/c1-9(2)13-11(15)14-7-5-4-6-10(14)8-12-3/h9-10,12H,4-8H2,1-3H3,(H,13,15). The predicted octanol–water partition coefficient (Wildman–Crippen LogP) is 1.18. The summed E-state index contributed by atoms with van der Waals surface area (Å²) in [6, 6.07) is 0.669. The second kappa shape index (κ2) is 5.95. The first-order valence-corrected chi connectivity index (χ1v) is 5.87. The van der Waals surface area contributed by atoms with Gasteiger partial charge in [-0.2, -0.15) is 0 Å². The number of likely N-dealkylation sites (tertiary alicyclic amines) is 1. The number of likely N-dealkylation sites (N-methyl/N-ethyl adjacent to an activating group) is 1. The average molecular weight is 213 g/mol. The summed E-state index contributed by atoms with van der Waals surface area (Å²) in [7, 11) is 1.94. The van der Waals surface area contributed by atoms with Gasteiger partial charge in [0.15, 0.2) is 0 Å². The average Bonchev–Trinajstić information content (AvgIpc) is 2.18. The van der Waals surface area contributed by atoms with Gasteiger partial charge in [0.05, 0.1) is 0 Å². The molecule has 0 aliphatic carbocycles. The largest absolute Gasteiger partial charge is 0.336 e. The first kappa shape index (κ1) is 12.3. The van der Waals surface area contributed by atoms with Gasteiger partial charge in [-0.15, -0.1) is 0 Å². The van der Waals surface area contributed by atoms with Crippen LogP contribution in [0.4, 0.5) is 4.79 Å². The first-order chi connectivity index (χ1) is 7.15. The molecule has 15 heavy (non-hydrogen) atoms. The summed E-state index contributed by atoms with van der Waals surface area (Å²) >= 11 is 0. The maximum absolute atomic E-state index is 11.9. The summed E-state index contributed by atoms with van der Waals surface area (Å²) in [5, 5.41) is 6.11. The molecule has 0 aromatic carbocycles. The lowest BCUT2D eigenvalue weighted by Crippen LogP contribution is -2.53. The molecule has 1 rings (SSSR count). The molecule has 2 amide bonds. The highest BCUT2D eigenvalue weighted by atomic mass is 16.2. The van der Waals surface area contributed by atoms with Gasteiger partial charge in [0, 0.05) is 25.2 Å². The topological polar surface area (TPSA) is 44.4 Å². The fraction of sp³-hybridized carbons (Fsp3) is 0.909. The number of carbonyl (C=O) groups excluding carboxylic acids is 1. The van der Waals surface area contributed by atoms with E-state index in [0.717, 1.165) is 25.9 Å². The molecule has 0 spiro atoms. The van der Waals surface area contributed by atoms with Crippen LogP contribution in [0.15, 0.2) is 0 Å². The van der Waals surface area contributed by atoms with Crippen molar-refractivity contribution in [3.63, 3.8) is 0 Å². The fourth-order valence-corrected chi connectivity index (χ4v) is 2.05. The highest BCUT2D eigenvalue weighted by Crippen LogP contribution is 2.16. The Balaban J connectivity index is 2.51. The number of nitrogens with zero attached hydrogens (tertiary/aromatic N) is 1. The van der Waals surface area contributed by atoms with Crippen LogP contribution in [0.2, 0.25) is 0 Å². The number of nitrogens with one attached hydrogen (secondary N) is 2. The number of hydrogen-bond acceptors (Lipinski definition) is 2. The van der Waals surface area contributed by atoms with Crippen LogP contribution in [-0.2, 0) is 0 Å². The van der Waals surface area contributed by atoms with E-state index in [4.69, 9.17) is 0 Å². The Labute approximate surface area is 92.4 Å². The van der Waals surface area contributed by atoms with Gasteiger partial charge in [-0.05, 0) is 40.2 Å². The van der Waals surface area contributed by atoms with Crippen molar-refractivity contribution in [1.29, 1.82) is 0 Å². The summed E-state index contributed by atoms with van der Waals surface area (Å²) < 4.78 is 0. The van der Waals surface area contributed by atoms with Gasteiger partial charge in [0.2, 0.25) is 0 Å². The molecule has 1 aliphatic rings. The molecule has 1 fully saturated rings. The maximum Gasteiger partial charge on any atom is 0.317 e. The molecular formula is C11H23N3O. The van der Waals surface area contributed by atoms with Crippen molar-refractivity contribution in [2.45, 2.75) is 45.2 Å². The van der Waals surface area contributed by atoms with E-state index in [2.05, 4.69) is 10.6 Å². The number of amides is 2. The summed E-state index contributed by atoms with van der Waals surface area (Å²) in [5.74, 6) is 0. The molecule has 2 N–H and O–H groups in total. The molecule has 1 atom stereocenters. The van der Waals surface area contributed by atoms with E-state index in [9.17, 15) is 4.79 Å². The third-order valence-corrected chi connectivity index (χ3v) is 2.74. The normalized spacial score (nSPS) is 21.9. The van der Waals surface area contributed by atoms with E-state index in [1.807, 2.05) is 25.8 Å². The van der Waals surface area contributed by atoms with Crippen molar-refractivity contribution < 1.29 is 4.79 Å². The molecule has 0 saturated carbocycles. The summed E-state index contributed by atoms with van der Waals surface area (Å²) in [5.41, 5.74) is 0. The Morgan fingerprint density at radius 1 is 1.47 bits per heavy atom. The summed E-state index contributed by atoms with van der Waals surface area (Å²) in [6.07, 6.45) is 3.48. The van der Waals surface area contributed by atoms with Crippen LogP contribution in [0, 0.1) is 0 Å². The Bertz CT molecular complexity index is 204. The van der Waals surface area contributed by atoms with Crippen molar-refractivity contribution >= 4 is 6.03 Å². The predicted molar refractivity (Wildman–Crippen MR) is 61.9 cm³/mol. The molecule has 1 unspecified atom stereocenters. The van der Waals surface area contributed by atoms with Crippen molar-refractivity contribution in [2.75, 3.05) is 20.1 Å². The third kappa shape index (κ3) is 3.70. The molecule has 1 aliphatic heterocycles. The van der Waals surface area contributed by atoms with Crippen molar-refractivity contribution in [3.8, 4) is 0 Å². The Morgan fingerprint density at radius 2 is 2.20 bits per heavy atom. The quantitative estimate of drug-likeness (QED) is 0.739. The minimum Gasteiger partial charge on any atom is -0.336 e. The van der Waals surface area contributed by atoms with E-state index in [1.54, 1.807) is 0 Å². The summed E-state index contributed by atoms with van der Waals surface area (Å²) in [4.78, 5) is 13.9. The number of urea groups is 1. The van der Waals surface area contributed by atoms with Crippen molar-refractivity contribution in [3.05, 3.63) is 0 Å². The van der Waals surface area contributed by atoms with Crippen LogP contribution in [-0.4, -0.2) is 43.2 Å². The minimum absolute atomic E-state index is 0.0879. The van der Waals surface area contributed by atoms with Crippen LogP contribution in [0.5, 0.6) is 0 Å². The van der Waals surface area contributed by atoms with Gasteiger partial charge >= 0.3 is 6.03 Å². The maximum atomic E-state index is 11.9. The minimum atomic E-state index is 0.0879. The van der Waals surface area contributed by atoms with Crippen LogP contribution >= 0.6 is 0 Å². The van der Waals surface area contributed by atoms with Gasteiger partial charge < -0.3 is 15.5 Å². The van der Waals surface area contributed by atoms with Crippen LogP contribution in [0.25, 0.3) is 0 Å². The van der Waals surface area contributed by atoms with E-state index in [-0.39, 0.29) is 12.1 Å². The van der Waals surface area contributed by atoms with Gasteiger partial charge in [0.1, 0.15) is 0 Å². The number of hydrogen-bond donors (Lipinski definition) is 2. The van der Waals surface area contributed by atoms with Crippen LogP contribution < -0.4 is 10.6 Å². The lowest BCUT2D eigenvalue weighted by Gasteiger charge is -2.36. The zero-order valence-electron chi connectivity index (χ0n) is 10.0. The molecule has 0 aromatic heterocycles. The molecule has 88 valence electrons. The second-order valence-corrected chi connectivity index (χ2v) is 4.50. The van der Waals surface area contributed by atoms with E-state index in [0.29, 0.717) is 6.04 Å². The number of piperidine rings is 1. The molecule has 0 radical (unpaired) electrons. The fourth-order valence-electron chi connectivity index (χ4n) is 2.05. The molecular weight excluding hydrogens is 190 g/mol. The summed E-state index contributed by atoms with van der Waals surface area (Å²) in [6.45, 7) is 5.78. The zero-order valence-corrected chi connectivity index (χ0v) is 10.0. The van der Waals surface area contributed by atoms with Gasteiger partial charge in [-0.3, -0.25) is 0 Å². The molecule has 4 heteroatoms. The molecule has 1 saturated heterocycles.